The van der Waals surface area contributed by atoms with E-state index in [0.717, 1.165) is 0 Å². The number of aryl methyl sites for hydroxylation is 1. The zero-order valence-electron chi connectivity index (χ0n) is 4.87. The third-order valence-corrected chi connectivity index (χ3v) is 1.21. The van der Waals surface area contributed by atoms with Gasteiger partial charge in [-0.1, -0.05) is 0 Å². The summed E-state index contributed by atoms with van der Waals surface area (Å²) < 4.78 is 1.33. The number of thiol groups is 1. The van der Waals surface area contributed by atoms with E-state index in [1.807, 2.05) is 6.07 Å². The van der Waals surface area contributed by atoms with Crippen molar-refractivity contribution in [2.45, 2.75) is 6.92 Å². The number of aromatic nitrogens is 2. The van der Waals surface area contributed by atoms with Gasteiger partial charge < -0.3 is 0 Å². The number of hydrogen-bond donors (Lipinski definition) is 1. The van der Waals surface area contributed by atoms with Crippen LogP contribution in [0.15, 0.2) is 6.20 Å². The largest absolute Gasteiger partial charge is 0.216 e. The highest BCUT2D eigenvalue weighted by atomic mass is 32.1. The third-order valence-electron chi connectivity index (χ3n) is 1.01. The molecule has 0 atom stereocenters. The summed E-state index contributed by atoms with van der Waals surface area (Å²) >= 11 is 3.88. The maximum absolute atomic E-state index is 8.39. The summed E-state index contributed by atoms with van der Waals surface area (Å²) in [5.41, 5.74) is 1.29. The van der Waals surface area contributed by atoms with E-state index >= 15 is 0 Å². The molecule has 1 rings (SSSR count). The highest BCUT2D eigenvalue weighted by Crippen LogP contribution is 2.02. The Balaban J connectivity index is 3.20. The van der Waals surface area contributed by atoms with Crippen LogP contribution in [0, 0.1) is 18.3 Å². The van der Waals surface area contributed by atoms with Gasteiger partial charge in [-0.25, -0.2) is 4.09 Å². The molecule has 3 nitrogen and oxygen atoms in total. The molecule has 0 unspecified atom stereocenters. The summed E-state index contributed by atoms with van der Waals surface area (Å²) in [7, 11) is 0. The Hall–Kier alpha value is -0.950. The van der Waals surface area contributed by atoms with E-state index in [1.54, 1.807) is 13.1 Å². The first-order valence-electron chi connectivity index (χ1n) is 2.39. The molecule has 1 aromatic rings. The van der Waals surface area contributed by atoms with Crippen LogP contribution < -0.4 is 0 Å². The minimum absolute atomic E-state index is 0.574. The van der Waals surface area contributed by atoms with Crippen molar-refractivity contribution in [3.8, 4) is 6.07 Å². The molecular formula is C5H5N3S. The first-order valence-corrected chi connectivity index (χ1v) is 2.79. The molecule has 0 saturated heterocycles. The van der Waals surface area contributed by atoms with Gasteiger partial charge in [0.15, 0.2) is 0 Å². The molecule has 0 spiro atoms. The third kappa shape index (κ3) is 1.06. The van der Waals surface area contributed by atoms with Crippen molar-refractivity contribution in [1.29, 1.82) is 5.26 Å². The lowest BCUT2D eigenvalue weighted by Gasteiger charge is -1.77. The summed E-state index contributed by atoms with van der Waals surface area (Å²) in [6.45, 7) is 1.77. The highest BCUT2D eigenvalue weighted by molar-refractivity contribution is 7.78. The van der Waals surface area contributed by atoms with Crippen molar-refractivity contribution in [2.75, 3.05) is 0 Å². The summed E-state index contributed by atoms with van der Waals surface area (Å²) in [6, 6.07) is 1.98. The van der Waals surface area contributed by atoms with Gasteiger partial charge in [0.2, 0.25) is 0 Å². The SMILES string of the molecule is Cc1nn(S)cc1C#N. The number of rotatable bonds is 0. The van der Waals surface area contributed by atoms with Crippen molar-refractivity contribution in [1.82, 2.24) is 9.19 Å². The summed E-state index contributed by atoms with van der Waals surface area (Å²) in [4.78, 5) is 0. The first-order chi connectivity index (χ1) is 4.24. The van der Waals surface area contributed by atoms with Crippen molar-refractivity contribution >= 4 is 12.8 Å². The lowest BCUT2D eigenvalue weighted by Crippen LogP contribution is -1.78. The molecule has 0 N–H and O–H groups in total. The summed E-state index contributed by atoms with van der Waals surface area (Å²) in [5.74, 6) is 0. The molecule has 0 saturated carbocycles. The second kappa shape index (κ2) is 2.11. The zero-order valence-corrected chi connectivity index (χ0v) is 5.76. The standard InChI is InChI=1S/C5H5N3S/c1-4-5(2-6)3-8(9)7-4/h3,9H,1H3. The fourth-order valence-corrected chi connectivity index (χ4v) is 0.805. The van der Waals surface area contributed by atoms with Crippen LogP contribution in [0.2, 0.25) is 0 Å². The Morgan fingerprint density at radius 2 is 2.56 bits per heavy atom. The van der Waals surface area contributed by atoms with E-state index < -0.39 is 0 Å². The lowest BCUT2D eigenvalue weighted by atomic mass is 10.3. The molecule has 1 aromatic heterocycles. The maximum Gasteiger partial charge on any atom is 0.103 e. The Bertz CT molecular complexity index is 258. The van der Waals surface area contributed by atoms with Gasteiger partial charge >= 0.3 is 0 Å². The van der Waals surface area contributed by atoms with Gasteiger partial charge in [-0.2, -0.15) is 10.4 Å². The van der Waals surface area contributed by atoms with Crippen molar-refractivity contribution in [3.05, 3.63) is 17.5 Å². The topological polar surface area (TPSA) is 41.6 Å². The second-order valence-electron chi connectivity index (χ2n) is 1.66. The van der Waals surface area contributed by atoms with Crippen LogP contribution in [0.5, 0.6) is 0 Å². The van der Waals surface area contributed by atoms with Crippen LogP contribution >= 0.6 is 12.8 Å². The molecule has 0 aliphatic rings. The predicted octanol–water partition coefficient (Wildman–Crippen LogP) is 0.756. The van der Waals surface area contributed by atoms with E-state index in [4.69, 9.17) is 5.26 Å². The first kappa shape index (κ1) is 6.17. The minimum atomic E-state index is 0.574. The average molecular weight is 139 g/mol. The molecule has 0 aliphatic carbocycles. The number of hydrogen-bond acceptors (Lipinski definition) is 3. The van der Waals surface area contributed by atoms with Gasteiger partial charge in [0, 0.05) is 0 Å². The molecule has 9 heavy (non-hydrogen) atoms. The summed E-state index contributed by atoms with van der Waals surface area (Å²) in [6.07, 6.45) is 1.57. The van der Waals surface area contributed by atoms with Gasteiger partial charge in [0.25, 0.3) is 0 Å². The van der Waals surface area contributed by atoms with Crippen LogP contribution in [0.1, 0.15) is 11.3 Å². The van der Waals surface area contributed by atoms with Gasteiger partial charge in [-0.15, -0.1) is 0 Å². The Labute approximate surface area is 58.5 Å². The van der Waals surface area contributed by atoms with Gasteiger partial charge in [0.05, 0.1) is 17.5 Å². The average Bonchev–Trinajstić information content (AvgIpc) is 2.10. The van der Waals surface area contributed by atoms with E-state index in [1.165, 1.54) is 4.09 Å². The lowest BCUT2D eigenvalue weighted by molar-refractivity contribution is 0.987. The fourth-order valence-electron chi connectivity index (χ4n) is 0.555. The molecule has 0 aliphatic heterocycles. The van der Waals surface area contributed by atoms with Crippen LogP contribution in [0.4, 0.5) is 0 Å². The monoisotopic (exact) mass is 139 g/mol. The smallest absolute Gasteiger partial charge is 0.103 e. The normalized spacial score (nSPS) is 9.00. The van der Waals surface area contributed by atoms with E-state index in [2.05, 4.69) is 17.9 Å². The van der Waals surface area contributed by atoms with Gasteiger partial charge in [-0.05, 0) is 19.7 Å². The fraction of sp³-hybridized carbons (Fsp3) is 0.200. The van der Waals surface area contributed by atoms with Crippen LogP contribution in [0.25, 0.3) is 0 Å². The zero-order chi connectivity index (χ0) is 6.85. The van der Waals surface area contributed by atoms with Crippen molar-refractivity contribution in [3.63, 3.8) is 0 Å². The molecule has 0 radical (unpaired) electrons. The quantitative estimate of drug-likeness (QED) is 0.539. The van der Waals surface area contributed by atoms with E-state index in [0.29, 0.717) is 11.3 Å². The van der Waals surface area contributed by atoms with Crippen LogP contribution in [0.3, 0.4) is 0 Å². The highest BCUT2D eigenvalue weighted by Gasteiger charge is 1.98. The summed E-state index contributed by atoms with van der Waals surface area (Å²) in [5, 5.41) is 12.2. The molecule has 0 aromatic carbocycles. The number of nitrogens with zero attached hydrogens (tertiary/aromatic N) is 3. The Morgan fingerprint density at radius 1 is 1.89 bits per heavy atom. The molecular weight excluding hydrogens is 134 g/mol. The van der Waals surface area contributed by atoms with Crippen LogP contribution in [-0.4, -0.2) is 9.19 Å². The van der Waals surface area contributed by atoms with Gasteiger partial charge in [0.1, 0.15) is 6.07 Å². The van der Waals surface area contributed by atoms with E-state index in [9.17, 15) is 0 Å². The van der Waals surface area contributed by atoms with Gasteiger partial charge in [-0.3, -0.25) is 0 Å². The van der Waals surface area contributed by atoms with E-state index in [-0.39, 0.29) is 0 Å². The molecule has 0 fully saturated rings. The second-order valence-corrected chi connectivity index (χ2v) is 2.07. The van der Waals surface area contributed by atoms with Crippen molar-refractivity contribution < 1.29 is 0 Å². The van der Waals surface area contributed by atoms with Crippen LogP contribution in [-0.2, 0) is 0 Å². The maximum atomic E-state index is 8.39. The predicted molar refractivity (Wildman–Crippen MR) is 36.1 cm³/mol. The number of nitriles is 1. The Morgan fingerprint density at radius 3 is 2.78 bits per heavy atom. The molecule has 1 heterocycles. The van der Waals surface area contributed by atoms with Crippen molar-refractivity contribution in [2.24, 2.45) is 0 Å². The molecule has 4 heteroatoms. The minimum Gasteiger partial charge on any atom is -0.216 e. The molecule has 0 bridgehead atoms. The molecule has 0 amide bonds. The Kier molecular flexibility index (Phi) is 1.45. The molecule has 46 valence electrons.